The maximum Gasteiger partial charge on any atom is 0.234 e. The molecule has 0 saturated heterocycles. The summed E-state index contributed by atoms with van der Waals surface area (Å²) in [5, 5.41) is 16.8. The first-order valence-electron chi connectivity index (χ1n) is 8.80. The lowest BCUT2D eigenvalue weighted by Crippen LogP contribution is -2.14. The Morgan fingerprint density at radius 2 is 1.90 bits per heavy atom. The van der Waals surface area contributed by atoms with Crippen molar-refractivity contribution in [1.82, 2.24) is 20.0 Å². The Morgan fingerprint density at radius 1 is 1.03 bits per heavy atom. The number of hydrogen-bond donors (Lipinski definition) is 1. The zero-order valence-electron chi connectivity index (χ0n) is 15.2. The van der Waals surface area contributed by atoms with Crippen molar-refractivity contribution in [3.8, 4) is 16.9 Å². The normalized spacial score (nSPS) is 10.7. The molecule has 2 heterocycles. The van der Waals surface area contributed by atoms with Crippen molar-refractivity contribution in [2.45, 2.75) is 5.03 Å². The largest absolute Gasteiger partial charge is 0.325 e. The first kappa shape index (κ1) is 19.2. The van der Waals surface area contributed by atoms with Crippen LogP contribution >= 0.6 is 23.4 Å². The number of carbonyl (C=O) groups excluding carboxylic acids is 1. The van der Waals surface area contributed by atoms with Gasteiger partial charge in [-0.15, -0.1) is 10.2 Å². The summed E-state index contributed by atoms with van der Waals surface area (Å²) in [6, 6.07) is 20.6. The van der Waals surface area contributed by atoms with Crippen molar-refractivity contribution >= 4 is 35.0 Å². The van der Waals surface area contributed by atoms with Crippen LogP contribution in [-0.2, 0) is 4.79 Å². The van der Waals surface area contributed by atoms with Crippen LogP contribution in [-0.4, -0.2) is 31.6 Å². The molecule has 0 fully saturated rings. The molecular formula is C21H16ClN5OS. The molecule has 1 amide bonds. The highest BCUT2D eigenvalue weighted by Crippen LogP contribution is 2.22. The number of anilines is 1. The molecule has 0 bridgehead atoms. The molecule has 6 nitrogen and oxygen atoms in total. The van der Waals surface area contributed by atoms with Crippen molar-refractivity contribution in [1.29, 1.82) is 0 Å². The first-order valence-corrected chi connectivity index (χ1v) is 10.2. The molecule has 0 radical (unpaired) electrons. The van der Waals surface area contributed by atoms with Gasteiger partial charge in [0.2, 0.25) is 5.91 Å². The Morgan fingerprint density at radius 3 is 2.59 bits per heavy atom. The molecule has 2 aromatic carbocycles. The van der Waals surface area contributed by atoms with Gasteiger partial charge in [0.1, 0.15) is 5.03 Å². The number of nitrogens with zero attached hydrogens (tertiary/aromatic N) is 4. The van der Waals surface area contributed by atoms with Gasteiger partial charge in [0.25, 0.3) is 0 Å². The highest BCUT2D eigenvalue weighted by molar-refractivity contribution is 7.99. The van der Waals surface area contributed by atoms with Crippen LogP contribution in [0.25, 0.3) is 16.9 Å². The third-order valence-corrected chi connectivity index (χ3v) is 5.19. The second-order valence-corrected chi connectivity index (χ2v) is 7.53. The summed E-state index contributed by atoms with van der Waals surface area (Å²) in [5.74, 6) is 0.108. The van der Waals surface area contributed by atoms with Gasteiger partial charge < -0.3 is 5.32 Å². The van der Waals surface area contributed by atoms with E-state index in [1.54, 1.807) is 35.1 Å². The summed E-state index contributed by atoms with van der Waals surface area (Å²) in [6.07, 6.45) is 3.63. The van der Waals surface area contributed by atoms with Crippen molar-refractivity contribution in [3.05, 3.63) is 84.1 Å². The van der Waals surface area contributed by atoms with Gasteiger partial charge in [-0.3, -0.25) is 4.79 Å². The van der Waals surface area contributed by atoms with Gasteiger partial charge in [-0.2, -0.15) is 5.10 Å². The topological polar surface area (TPSA) is 72.7 Å². The first-order chi connectivity index (χ1) is 14.2. The zero-order chi connectivity index (χ0) is 20.1. The number of thioether (sulfide) groups is 1. The van der Waals surface area contributed by atoms with Gasteiger partial charge in [-0.1, -0.05) is 41.6 Å². The van der Waals surface area contributed by atoms with Crippen molar-refractivity contribution in [2.75, 3.05) is 11.1 Å². The van der Waals surface area contributed by atoms with Crippen molar-refractivity contribution in [2.24, 2.45) is 0 Å². The summed E-state index contributed by atoms with van der Waals surface area (Å²) >= 11 is 7.25. The average molecular weight is 422 g/mol. The Labute approximate surface area is 176 Å². The third-order valence-electron chi connectivity index (χ3n) is 4.03. The molecule has 0 unspecified atom stereocenters. The fourth-order valence-electron chi connectivity index (χ4n) is 2.66. The van der Waals surface area contributed by atoms with Gasteiger partial charge in [0.05, 0.1) is 17.1 Å². The van der Waals surface area contributed by atoms with Crippen LogP contribution in [0.1, 0.15) is 0 Å². The zero-order valence-corrected chi connectivity index (χ0v) is 16.8. The smallest absolute Gasteiger partial charge is 0.234 e. The summed E-state index contributed by atoms with van der Waals surface area (Å²) in [4.78, 5) is 12.1. The molecule has 144 valence electrons. The fraction of sp³-hybridized carbons (Fsp3) is 0.0476. The predicted molar refractivity (Wildman–Crippen MR) is 115 cm³/mol. The molecule has 0 aliphatic rings. The van der Waals surface area contributed by atoms with Crippen LogP contribution in [0.5, 0.6) is 0 Å². The molecule has 0 spiro atoms. The van der Waals surface area contributed by atoms with E-state index in [-0.39, 0.29) is 11.7 Å². The Hall–Kier alpha value is -3.16. The molecule has 0 aliphatic heterocycles. The minimum absolute atomic E-state index is 0.127. The average Bonchev–Trinajstić information content (AvgIpc) is 3.28. The van der Waals surface area contributed by atoms with Crippen LogP contribution in [0.2, 0.25) is 5.02 Å². The molecule has 0 atom stereocenters. The van der Waals surface area contributed by atoms with Crippen molar-refractivity contribution in [3.63, 3.8) is 0 Å². The highest BCUT2D eigenvalue weighted by Gasteiger charge is 2.07. The molecule has 2 aromatic heterocycles. The quantitative estimate of drug-likeness (QED) is 0.456. The SMILES string of the molecule is O=C(CSc1ccc(-c2ccc(-n3cccn3)cc2)nn1)Nc1cccc(Cl)c1. The summed E-state index contributed by atoms with van der Waals surface area (Å²) < 4.78 is 1.80. The lowest BCUT2D eigenvalue weighted by atomic mass is 10.1. The Kier molecular flexibility index (Phi) is 5.88. The highest BCUT2D eigenvalue weighted by atomic mass is 35.5. The molecule has 8 heteroatoms. The number of hydrogen-bond acceptors (Lipinski definition) is 5. The van der Waals surface area contributed by atoms with Gasteiger partial charge in [0, 0.05) is 28.7 Å². The van der Waals surface area contributed by atoms with Gasteiger partial charge in [0.15, 0.2) is 0 Å². The van der Waals surface area contributed by atoms with E-state index in [9.17, 15) is 4.79 Å². The minimum Gasteiger partial charge on any atom is -0.325 e. The third kappa shape index (κ3) is 5.01. The van der Waals surface area contributed by atoms with Crippen LogP contribution < -0.4 is 5.32 Å². The van der Waals surface area contributed by atoms with Gasteiger partial charge >= 0.3 is 0 Å². The van der Waals surface area contributed by atoms with Gasteiger partial charge in [-0.05, 0) is 48.5 Å². The van der Waals surface area contributed by atoms with Gasteiger partial charge in [-0.25, -0.2) is 4.68 Å². The Balaban J connectivity index is 1.35. The summed E-state index contributed by atoms with van der Waals surface area (Å²) in [5.41, 5.74) is 3.38. The fourth-order valence-corrected chi connectivity index (χ4v) is 3.46. The van der Waals surface area contributed by atoms with E-state index < -0.39 is 0 Å². The van der Waals surface area contributed by atoms with E-state index in [0.29, 0.717) is 15.7 Å². The molecule has 4 aromatic rings. The predicted octanol–water partition coefficient (Wildman–Crippen LogP) is 4.71. The lowest BCUT2D eigenvalue weighted by Gasteiger charge is -2.06. The number of benzene rings is 2. The van der Waals surface area contributed by atoms with E-state index in [0.717, 1.165) is 16.9 Å². The van der Waals surface area contributed by atoms with E-state index >= 15 is 0 Å². The second kappa shape index (κ2) is 8.89. The molecule has 0 saturated carbocycles. The van der Waals surface area contributed by atoms with Crippen LogP contribution in [0.15, 0.2) is 84.1 Å². The molecule has 1 N–H and O–H groups in total. The lowest BCUT2D eigenvalue weighted by molar-refractivity contribution is -0.113. The minimum atomic E-state index is -0.127. The van der Waals surface area contributed by atoms with Crippen LogP contribution in [0.3, 0.4) is 0 Å². The summed E-state index contributed by atoms with van der Waals surface area (Å²) in [6.45, 7) is 0. The maximum absolute atomic E-state index is 12.1. The Bertz CT molecular complexity index is 1100. The molecule has 4 rings (SSSR count). The molecule has 0 aliphatic carbocycles. The number of nitrogens with one attached hydrogen (secondary N) is 1. The number of halogens is 1. The monoisotopic (exact) mass is 421 g/mol. The van der Waals surface area contributed by atoms with E-state index in [1.807, 2.05) is 48.7 Å². The van der Waals surface area contributed by atoms with E-state index in [1.165, 1.54) is 11.8 Å². The van der Waals surface area contributed by atoms with Crippen LogP contribution in [0.4, 0.5) is 5.69 Å². The van der Waals surface area contributed by atoms with Crippen LogP contribution in [0, 0.1) is 0 Å². The molecule has 29 heavy (non-hydrogen) atoms. The number of rotatable bonds is 6. The second-order valence-electron chi connectivity index (χ2n) is 6.10. The van der Waals surface area contributed by atoms with E-state index in [2.05, 4.69) is 20.6 Å². The summed E-state index contributed by atoms with van der Waals surface area (Å²) in [7, 11) is 0. The van der Waals surface area contributed by atoms with Crippen molar-refractivity contribution < 1.29 is 4.79 Å². The number of carbonyl (C=O) groups is 1. The maximum atomic E-state index is 12.1. The number of amides is 1. The number of aromatic nitrogens is 4. The van der Waals surface area contributed by atoms with E-state index in [4.69, 9.17) is 11.6 Å². The molecular weight excluding hydrogens is 406 g/mol. The standard InChI is InChI=1S/C21H16ClN5OS/c22-16-3-1-4-17(13-16)24-20(28)14-29-21-10-9-19(25-26-21)15-5-7-18(8-6-15)27-12-2-11-23-27/h1-13H,14H2,(H,24,28).